The van der Waals surface area contributed by atoms with Crippen LogP contribution < -0.4 is 10.6 Å². The first-order chi connectivity index (χ1) is 8.72. The molecule has 3 N–H and O–H groups in total. The van der Waals surface area contributed by atoms with Gasteiger partial charge < -0.3 is 25.0 Å². The van der Waals surface area contributed by atoms with E-state index in [1.807, 2.05) is 30.1 Å². The van der Waals surface area contributed by atoms with Gasteiger partial charge in [-0.3, -0.25) is 0 Å². The van der Waals surface area contributed by atoms with Crippen molar-refractivity contribution in [1.29, 1.82) is 0 Å². The number of nitrogens with zero attached hydrogens (tertiary/aromatic N) is 1. The number of hydrogen-bond acceptors (Lipinski definition) is 3. The first-order valence-corrected chi connectivity index (χ1v) is 6.03. The highest BCUT2D eigenvalue weighted by Crippen LogP contribution is 1.97. The maximum absolute atomic E-state index is 11.4. The smallest absolute Gasteiger partial charge is 0.315 e. The average Bonchev–Trinajstić information content (AvgIpc) is 2.77. The molecule has 1 aromatic rings. The van der Waals surface area contributed by atoms with Crippen LogP contribution in [0.4, 0.5) is 4.79 Å². The molecule has 0 radical (unpaired) electrons. The Labute approximate surface area is 107 Å². The summed E-state index contributed by atoms with van der Waals surface area (Å²) in [7, 11) is 1.94. The largest absolute Gasteiger partial charge is 0.394 e. The summed E-state index contributed by atoms with van der Waals surface area (Å²) < 4.78 is 7.01. The molecule has 0 unspecified atom stereocenters. The van der Waals surface area contributed by atoms with E-state index in [0.29, 0.717) is 26.3 Å². The number of amides is 2. The van der Waals surface area contributed by atoms with Crippen molar-refractivity contribution in [3.05, 3.63) is 24.0 Å². The highest BCUT2D eigenvalue weighted by molar-refractivity contribution is 5.73. The first kappa shape index (κ1) is 14.5. The predicted octanol–water partition coefficient (Wildman–Crippen LogP) is 0.223. The number of carbonyl (C=O) groups excluding carboxylic acids is 1. The fraction of sp³-hybridized carbons (Fsp3) is 0.583. The van der Waals surface area contributed by atoms with E-state index in [1.165, 1.54) is 0 Å². The first-order valence-electron chi connectivity index (χ1n) is 6.03. The fourth-order valence-electron chi connectivity index (χ4n) is 1.45. The molecule has 0 saturated heterocycles. The molecule has 0 atom stereocenters. The van der Waals surface area contributed by atoms with Gasteiger partial charge in [-0.25, -0.2) is 4.79 Å². The lowest BCUT2D eigenvalue weighted by Gasteiger charge is -2.07. The van der Waals surface area contributed by atoms with E-state index in [-0.39, 0.29) is 12.6 Å². The molecule has 0 bridgehead atoms. The molecule has 0 aliphatic rings. The van der Waals surface area contributed by atoms with Crippen LogP contribution in [0.25, 0.3) is 0 Å². The summed E-state index contributed by atoms with van der Waals surface area (Å²) in [6.07, 6.45) is 4.63. The number of aliphatic hydroxyl groups excluding tert-OH is 1. The van der Waals surface area contributed by atoms with E-state index in [1.54, 1.807) is 0 Å². The Balaban J connectivity index is 2.00. The number of aromatic nitrogens is 1. The standard InChI is InChI=1S/C12H21N3O3/c1-15-5-3-11(10-15)9-14-12(17)13-4-2-7-18-8-6-16/h3,5,10,16H,2,4,6-9H2,1H3,(H2,13,14,17). The van der Waals surface area contributed by atoms with Crippen molar-refractivity contribution in [3.8, 4) is 0 Å². The second-order valence-electron chi connectivity index (χ2n) is 3.98. The van der Waals surface area contributed by atoms with Crippen LogP contribution in [0.3, 0.4) is 0 Å². The quantitative estimate of drug-likeness (QED) is 0.582. The molecule has 18 heavy (non-hydrogen) atoms. The summed E-state index contributed by atoms with van der Waals surface area (Å²) in [6.45, 7) is 2.00. The molecule has 0 spiro atoms. The summed E-state index contributed by atoms with van der Waals surface area (Å²) in [5.74, 6) is 0. The number of aryl methyl sites for hydroxylation is 1. The zero-order valence-electron chi connectivity index (χ0n) is 10.7. The second-order valence-corrected chi connectivity index (χ2v) is 3.98. The third-order valence-electron chi connectivity index (χ3n) is 2.33. The zero-order valence-corrected chi connectivity index (χ0v) is 10.7. The molecule has 0 aliphatic carbocycles. The lowest BCUT2D eigenvalue weighted by molar-refractivity contribution is 0.0910. The van der Waals surface area contributed by atoms with Crippen LogP contribution >= 0.6 is 0 Å². The highest BCUT2D eigenvalue weighted by atomic mass is 16.5. The molecule has 1 heterocycles. The molecule has 6 nitrogen and oxygen atoms in total. The Kier molecular flexibility index (Phi) is 6.90. The number of rotatable bonds is 8. The molecule has 1 rings (SSSR count). The van der Waals surface area contributed by atoms with Gasteiger partial charge in [0.2, 0.25) is 0 Å². The molecule has 2 amide bonds. The Hall–Kier alpha value is -1.53. The summed E-state index contributed by atoms with van der Waals surface area (Å²) in [5.41, 5.74) is 1.07. The van der Waals surface area contributed by atoms with E-state index in [0.717, 1.165) is 12.0 Å². The van der Waals surface area contributed by atoms with E-state index in [2.05, 4.69) is 10.6 Å². The van der Waals surface area contributed by atoms with Crippen LogP contribution in [0, 0.1) is 0 Å². The van der Waals surface area contributed by atoms with Crippen molar-refractivity contribution >= 4 is 6.03 Å². The van der Waals surface area contributed by atoms with Crippen LogP contribution in [0.2, 0.25) is 0 Å². The van der Waals surface area contributed by atoms with Gasteiger partial charge >= 0.3 is 6.03 Å². The normalized spacial score (nSPS) is 10.3. The Morgan fingerprint density at radius 1 is 1.44 bits per heavy atom. The molecular weight excluding hydrogens is 234 g/mol. The van der Waals surface area contributed by atoms with Crippen molar-refractivity contribution < 1.29 is 14.6 Å². The summed E-state index contributed by atoms with van der Waals surface area (Å²) in [5, 5.41) is 14.0. The van der Waals surface area contributed by atoms with Crippen molar-refractivity contribution in [2.75, 3.05) is 26.4 Å². The van der Waals surface area contributed by atoms with Crippen molar-refractivity contribution in [2.24, 2.45) is 7.05 Å². The number of carbonyl (C=O) groups is 1. The van der Waals surface area contributed by atoms with Gasteiger partial charge in [-0.05, 0) is 18.1 Å². The maximum atomic E-state index is 11.4. The number of nitrogens with one attached hydrogen (secondary N) is 2. The average molecular weight is 255 g/mol. The summed E-state index contributed by atoms with van der Waals surface area (Å²) in [6, 6.07) is 1.78. The second kappa shape index (κ2) is 8.54. The molecule has 0 aliphatic heterocycles. The van der Waals surface area contributed by atoms with Crippen molar-refractivity contribution in [2.45, 2.75) is 13.0 Å². The monoisotopic (exact) mass is 255 g/mol. The van der Waals surface area contributed by atoms with E-state index >= 15 is 0 Å². The van der Waals surface area contributed by atoms with Gasteiger partial charge in [0.05, 0.1) is 13.2 Å². The highest BCUT2D eigenvalue weighted by Gasteiger charge is 2.00. The van der Waals surface area contributed by atoms with Gasteiger partial charge in [-0.2, -0.15) is 0 Å². The van der Waals surface area contributed by atoms with Crippen LogP contribution in [0.1, 0.15) is 12.0 Å². The maximum Gasteiger partial charge on any atom is 0.315 e. The number of hydrogen-bond donors (Lipinski definition) is 3. The Morgan fingerprint density at radius 2 is 2.28 bits per heavy atom. The van der Waals surface area contributed by atoms with Crippen LogP contribution in [0.5, 0.6) is 0 Å². The summed E-state index contributed by atoms with van der Waals surface area (Å²) >= 11 is 0. The number of ether oxygens (including phenoxy) is 1. The molecule has 0 saturated carbocycles. The topological polar surface area (TPSA) is 75.5 Å². The fourth-order valence-corrected chi connectivity index (χ4v) is 1.45. The van der Waals surface area contributed by atoms with Gasteiger partial charge in [0.15, 0.2) is 0 Å². The van der Waals surface area contributed by atoms with Crippen LogP contribution in [-0.2, 0) is 18.3 Å². The molecule has 0 aromatic carbocycles. The van der Waals surface area contributed by atoms with Gasteiger partial charge in [-0.15, -0.1) is 0 Å². The third-order valence-corrected chi connectivity index (χ3v) is 2.33. The zero-order chi connectivity index (χ0) is 13.2. The van der Waals surface area contributed by atoms with Gasteiger partial charge in [-0.1, -0.05) is 0 Å². The molecule has 102 valence electrons. The number of urea groups is 1. The minimum atomic E-state index is -0.180. The van der Waals surface area contributed by atoms with Gasteiger partial charge in [0.25, 0.3) is 0 Å². The van der Waals surface area contributed by atoms with E-state index in [4.69, 9.17) is 9.84 Å². The minimum absolute atomic E-state index is 0.0327. The van der Waals surface area contributed by atoms with Gasteiger partial charge in [0.1, 0.15) is 0 Å². The molecule has 6 heteroatoms. The summed E-state index contributed by atoms with van der Waals surface area (Å²) in [4.78, 5) is 11.4. The Morgan fingerprint density at radius 3 is 2.94 bits per heavy atom. The van der Waals surface area contributed by atoms with Gasteiger partial charge in [0, 0.05) is 39.1 Å². The van der Waals surface area contributed by atoms with Crippen molar-refractivity contribution in [3.63, 3.8) is 0 Å². The molecule has 1 aromatic heterocycles. The number of aliphatic hydroxyl groups is 1. The third kappa shape index (κ3) is 6.27. The van der Waals surface area contributed by atoms with E-state index in [9.17, 15) is 4.79 Å². The molecular formula is C12H21N3O3. The lowest BCUT2D eigenvalue weighted by atomic mass is 10.3. The minimum Gasteiger partial charge on any atom is -0.394 e. The molecule has 0 fully saturated rings. The van der Waals surface area contributed by atoms with E-state index < -0.39 is 0 Å². The van der Waals surface area contributed by atoms with Crippen LogP contribution in [0.15, 0.2) is 18.5 Å². The lowest BCUT2D eigenvalue weighted by Crippen LogP contribution is -2.35. The predicted molar refractivity (Wildman–Crippen MR) is 68.2 cm³/mol. The van der Waals surface area contributed by atoms with Crippen molar-refractivity contribution in [1.82, 2.24) is 15.2 Å². The van der Waals surface area contributed by atoms with Crippen LogP contribution in [-0.4, -0.2) is 42.1 Å². The SMILES string of the molecule is Cn1ccc(CNC(=O)NCCCOCCO)c1. The Bertz CT molecular complexity index is 352.